The maximum Gasteiger partial charge on any atom is 0.180 e. The molecule has 0 spiro atoms. The molecule has 0 nitrogen and oxygen atoms in total. The molecule has 0 heterocycles. The smallest absolute Gasteiger partial charge is 0.0623 e. The van der Waals surface area contributed by atoms with Gasteiger partial charge in [-0.25, -0.2) is 0 Å². The molecule has 5 aromatic carbocycles. The van der Waals surface area contributed by atoms with Gasteiger partial charge in [0.15, 0.2) is 8.07 Å². The lowest BCUT2D eigenvalue weighted by Gasteiger charge is -2.35. The van der Waals surface area contributed by atoms with E-state index in [1.165, 1.54) is 42.6 Å². The van der Waals surface area contributed by atoms with Crippen molar-refractivity contribution in [2.24, 2.45) is 0 Å². The molecule has 5 rings (SSSR count). The van der Waals surface area contributed by atoms with Crippen LogP contribution in [0.5, 0.6) is 0 Å². The first-order valence-electron chi connectivity index (χ1n) is 10.9. The van der Waals surface area contributed by atoms with Crippen LogP contribution in [0.4, 0.5) is 0 Å². The van der Waals surface area contributed by atoms with Crippen LogP contribution in [-0.2, 0) is 0 Å². The first kappa shape index (κ1) is 19.5. The number of aryl methyl sites for hydroxylation is 2. The normalized spacial score (nSPS) is 11.5. The second kappa shape index (κ2) is 8.01. The number of hydrogen-bond donors (Lipinski definition) is 0. The zero-order valence-corrected chi connectivity index (χ0v) is 19.0. The average Bonchev–Trinajstić information content (AvgIpc) is 2.83. The SMILES string of the molecule is Cc1ccc([Si](c2ccccc2)(c2ccccc2)c2ccc(C)c3ccccc23)cc1. The van der Waals surface area contributed by atoms with Crippen molar-refractivity contribution in [2.75, 3.05) is 0 Å². The first-order valence-corrected chi connectivity index (χ1v) is 12.9. The minimum absolute atomic E-state index is 1.29. The van der Waals surface area contributed by atoms with Crippen molar-refractivity contribution in [3.8, 4) is 0 Å². The lowest BCUT2D eigenvalue weighted by molar-refractivity contribution is 1.48. The third-order valence-corrected chi connectivity index (χ3v) is 11.3. The van der Waals surface area contributed by atoms with E-state index in [-0.39, 0.29) is 0 Å². The molecule has 31 heavy (non-hydrogen) atoms. The van der Waals surface area contributed by atoms with Crippen molar-refractivity contribution >= 4 is 39.6 Å². The largest absolute Gasteiger partial charge is 0.180 e. The van der Waals surface area contributed by atoms with Gasteiger partial charge in [-0.3, -0.25) is 0 Å². The molecule has 0 aliphatic carbocycles. The predicted molar refractivity (Wildman–Crippen MR) is 137 cm³/mol. The van der Waals surface area contributed by atoms with Crippen molar-refractivity contribution in [1.29, 1.82) is 0 Å². The highest BCUT2D eigenvalue weighted by molar-refractivity contribution is 7.20. The molecule has 0 saturated carbocycles. The molecule has 0 fully saturated rings. The zero-order chi connectivity index (χ0) is 21.3. The Kier molecular flexibility index (Phi) is 5.05. The molecule has 0 aliphatic heterocycles. The summed E-state index contributed by atoms with van der Waals surface area (Å²) in [5, 5.41) is 8.41. The predicted octanol–water partition coefficient (Wildman–Crippen LogP) is 4.83. The molecule has 5 aromatic rings. The number of hydrogen-bond acceptors (Lipinski definition) is 0. The van der Waals surface area contributed by atoms with Crippen molar-refractivity contribution < 1.29 is 0 Å². The summed E-state index contributed by atoms with van der Waals surface area (Å²) in [5.74, 6) is 0. The Morgan fingerprint density at radius 2 is 0.903 bits per heavy atom. The Morgan fingerprint density at radius 1 is 0.419 bits per heavy atom. The van der Waals surface area contributed by atoms with E-state index in [0.29, 0.717) is 0 Å². The standard InChI is InChI=1S/C30H26Si/c1-23-17-20-27(21-18-23)31(25-11-5-3-6-12-25,26-13-7-4-8-14-26)30-22-19-24(2)28-15-9-10-16-29(28)30/h3-22H,1-2H3. The summed E-state index contributed by atoms with van der Waals surface area (Å²) >= 11 is 0. The van der Waals surface area contributed by atoms with Crippen molar-refractivity contribution in [3.05, 3.63) is 132 Å². The van der Waals surface area contributed by atoms with Gasteiger partial charge in [0.05, 0.1) is 0 Å². The Morgan fingerprint density at radius 3 is 1.48 bits per heavy atom. The number of rotatable bonds is 4. The Bertz CT molecular complexity index is 1280. The van der Waals surface area contributed by atoms with Crippen molar-refractivity contribution in [2.45, 2.75) is 13.8 Å². The lowest BCUT2D eigenvalue weighted by atomic mass is 10.1. The number of benzene rings is 5. The van der Waals surface area contributed by atoms with Crippen LogP contribution in [0.2, 0.25) is 0 Å². The van der Waals surface area contributed by atoms with E-state index in [1.807, 2.05) is 0 Å². The quantitative estimate of drug-likeness (QED) is 0.292. The average molecular weight is 415 g/mol. The highest BCUT2D eigenvalue weighted by atomic mass is 28.3. The summed E-state index contributed by atoms with van der Waals surface area (Å²) in [6.45, 7) is 4.38. The molecule has 0 N–H and O–H groups in total. The maximum absolute atomic E-state index is 2.51. The summed E-state index contributed by atoms with van der Waals surface area (Å²) in [6, 6.07) is 45.1. The summed E-state index contributed by atoms with van der Waals surface area (Å²) in [6.07, 6.45) is 0. The zero-order valence-electron chi connectivity index (χ0n) is 18.0. The van der Waals surface area contributed by atoms with Crippen LogP contribution in [0, 0.1) is 13.8 Å². The fourth-order valence-corrected chi connectivity index (χ4v) is 9.86. The minimum Gasteiger partial charge on any atom is -0.0623 e. The van der Waals surface area contributed by atoms with E-state index in [2.05, 4.69) is 135 Å². The molecule has 0 radical (unpaired) electrons. The van der Waals surface area contributed by atoms with E-state index < -0.39 is 8.07 Å². The van der Waals surface area contributed by atoms with Crippen LogP contribution >= 0.6 is 0 Å². The monoisotopic (exact) mass is 414 g/mol. The summed E-state index contributed by atoms with van der Waals surface area (Å²) in [5.41, 5.74) is 2.62. The van der Waals surface area contributed by atoms with E-state index in [0.717, 1.165) is 0 Å². The third kappa shape index (κ3) is 3.22. The molecule has 0 atom stereocenters. The molecule has 0 aromatic heterocycles. The Hall–Kier alpha value is -3.42. The van der Waals surface area contributed by atoms with Crippen LogP contribution in [0.25, 0.3) is 10.8 Å². The lowest BCUT2D eigenvalue weighted by Crippen LogP contribution is -2.74. The third-order valence-electron chi connectivity index (χ3n) is 6.44. The molecule has 1 heteroatoms. The second-order valence-corrected chi connectivity index (χ2v) is 12.1. The summed E-state index contributed by atoms with van der Waals surface area (Å²) in [7, 11) is -2.51. The molecule has 0 saturated heterocycles. The van der Waals surface area contributed by atoms with Gasteiger partial charge in [0, 0.05) is 0 Å². The maximum atomic E-state index is 2.39. The molecule has 0 bridgehead atoms. The fraction of sp³-hybridized carbons (Fsp3) is 0.0667. The molecule has 0 aliphatic rings. The summed E-state index contributed by atoms with van der Waals surface area (Å²) < 4.78 is 0. The molecule has 150 valence electrons. The van der Waals surface area contributed by atoms with E-state index >= 15 is 0 Å². The molecular formula is C30H26Si. The van der Waals surface area contributed by atoms with Crippen LogP contribution < -0.4 is 20.7 Å². The molecular weight excluding hydrogens is 388 g/mol. The minimum atomic E-state index is -2.51. The van der Waals surface area contributed by atoms with Crippen LogP contribution in [0.15, 0.2) is 121 Å². The van der Waals surface area contributed by atoms with Crippen molar-refractivity contribution in [1.82, 2.24) is 0 Å². The van der Waals surface area contributed by atoms with Crippen LogP contribution in [-0.4, -0.2) is 8.07 Å². The van der Waals surface area contributed by atoms with Gasteiger partial charge in [0.25, 0.3) is 0 Å². The van der Waals surface area contributed by atoms with Crippen LogP contribution in [0.3, 0.4) is 0 Å². The summed E-state index contributed by atoms with van der Waals surface area (Å²) in [4.78, 5) is 0. The highest BCUT2D eigenvalue weighted by Gasteiger charge is 2.42. The molecule has 0 amide bonds. The van der Waals surface area contributed by atoms with Gasteiger partial charge in [-0.1, -0.05) is 127 Å². The van der Waals surface area contributed by atoms with E-state index in [9.17, 15) is 0 Å². The van der Waals surface area contributed by atoms with Gasteiger partial charge >= 0.3 is 0 Å². The second-order valence-electron chi connectivity index (χ2n) is 8.32. The van der Waals surface area contributed by atoms with Crippen LogP contribution in [0.1, 0.15) is 11.1 Å². The van der Waals surface area contributed by atoms with Gasteiger partial charge in [0.1, 0.15) is 0 Å². The van der Waals surface area contributed by atoms with Gasteiger partial charge in [-0.2, -0.15) is 0 Å². The Labute approximate surface area is 185 Å². The van der Waals surface area contributed by atoms with E-state index in [1.54, 1.807) is 0 Å². The van der Waals surface area contributed by atoms with Gasteiger partial charge in [-0.05, 0) is 50.9 Å². The number of fused-ring (bicyclic) bond motifs is 1. The van der Waals surface area contributed by atoms with Gasteiger partial charge < -0.3 is 0 Å². The highest BCUT2D eigenvalue weighted by Crippen LogP contribution is 2.20. The van der Waals surface area contributed by atoms with Gasteiger partial charge in [0.2, 0.25) is 0 Å². The van der Waals surface area contributed by atoms with Crippen molar-refractivity contribution in [3.63, 3.8) is 0 Å². The Balaban J connectivity index is 1.99. The van der Waals surface area contributed by atoms with E-state index in [4.69, 9.17) is 0 Å². The molecule has 0 unspecified atom stereocenters. The van der Waals surface area contributed by atoms with Gasteiger partial charge in [-0.15, -0.1) is 0 Å². The first-order chi connectivity index (χ1) is 15.2. The fourth-order valence-electron chi connectivity index (χ4n) is 4.92. The topological polar surface area (TPSA) is 0 Å².